The molecule has 2 aliphatic rings. The molecule has 1 aromatic rings. The fourth-order valence-electron chi connectivity index (χ4n) is 4.27. The summed E-state index contributed by atoms with van der Waals surface area (Å²) in [6.45, 7) is 9.42. The zero-order chi connectivity index (χ0) is 23.2. The van der Waals surface area contributed by atoms with E-state index in [2.05, 4.69) is 10.6 Å². The zero-order valence-corrected chi connectivity index (χ0v) is 19.5. The molecule has 2 amide bonds. The van der Waals surface area contributed by atoms with Crippen LogP contribution in [0.25, 0.3) is 0 Å². The van der Waals surface area contributed by atoms with E-state index < -0.39 is 11.4 Å². The molecule has 2 N–H and O–H groups in total. The van der Waals surface area contributed by atoms with E-state index in [1.54, 1.807) is 4.90 Å². The molecule has 0 saturated carbocycles. The monoisotopic (exact) mass is 449 g/mol. The number of likely N-dealkylation sites (tertiary alicyclic amines) is 1. The average Bonchev–Trinajstić information content (AvgIpc) is 2.73. The van der Waals surface area contributed by atoms with Gasteiger partial charge in [-0.25, -0.2) is 9.18 Å². The van der Waals surface area contributed by atoms with Crippen LogP contribution in [0.2, 0.25) is 0 Å². The highest BCUT2D eigenvalue weighted by Crippen LogP contribution is 2.36. The Morgan fingerprint density at radius 2 is 1.88 bits per heavy atom. The lowest BCUT2D eigenvalue weighted by molar-refractivity contribution is 0.00853. The molecule has 3 rings (SSSR count). The molecule has 0 bridgehead atoms. The van der Waals surface area contributed by atoms with E-state index in [1.165, 1.54) is 18.2 Å². The molecule has 8 heteroatoms. The highest BCUT2D eigenvalue weighted by atomic mass is 19.1. The highest BCUT2D eigenvalue weighted by molar-refractivity contribution is 5.97. The van der Waals surface area contributed by atoms with Gasteiger partial charge in [0.15, 0.2) is 0 Å². The van der Waals surface area contributed by atoms with Crippen LogP contribution in [0.5, 0.6) is 5.75 Å². The zero-order valence-electron chi connectivity index (χ0n) is 19.5. The maximum Gasteiger partial charge on any atom is 0.410 e. The van der Waals surface area contributed by atoms with Crippen molar-refractivity contribution in [2.45, 2.75) is 58.5 Å². The van der Waals surface area contributed by atoms with E-state index in [-0.39, 0.29) is 23.0 Å². The van der Waals surface area contributed by atoms with Gasteiger partial charge in [0.05, 0.1) is 12.2 Å². The summed E-state index contributed by atoms with van der Waals surface area (Å²) in [5.41, 5.74) is -0.425. The molecule has 0 radical (unpaired) electrons. The molecule has 7 nitrogen and oxygen atoms in total. The standard InChI is InChI=1S/C24H36FN3O4/c1-23(2,3)32-22(30)28-13-9-24(10-14-28)8-4-11-26-12-5-15-31-20-7-6-18(25)16-19(20)21(29)27-17-24/h6-7,16,26H,4-5,8-15,17H2,1-3H3,(H,27,29). The van der Waals surface area contributed by atoms with Crippen LogP contribution < -0.4 is 15.4 Å². The Balaban J connectivity index is 1.71. The highest BCUT2D eigenvalue weighted by Gasteiger charge is 2.37. The minimum Gasteiger partial charge on any atom is -0.493 e. The third kappa shape index (κ3) is 6.82. The van der Waals surface area contributed by atoms with Crippen molar-refractivity contribution in [3.63, 3.8) is 0 Å². The SMILES string of the molecule is CC(C)(C)OC(=O)N1CCC2(CCCNCCCOc3ccc(F)cc3C(=O)NC2)CC1. The van der Waals surface area contributed by atoms with E-state index in [0.717, 1.165) is 45.2 Å². The van der Waals surface area contributed by atoms with Gasteiger partial charge in [0.2, 0.25) is 0 Å². The Morgan fingerprint density at radius 1 is 1.16 bits per heavy atom. The normalized spacial score (nSPS) is 20.5. The second kappa shape index (κ2) is 10.5. The summed E-state index contributed by atoms with van der Waals surface area (Å²) in [6, 6.07) is 4.05. The summed E-state index contributed by atoms with van der Waals surface area (Å²) in [5.74, 6) is -0.399. The van der Waals surface area contributed by atoms with Crippen LogP contribution in [0.15, 0.2) is 18.2 Å². The van der Waals surface area contributed by atoms with Crippen molar-refractivity contribution in [3.8, 4) is 5.75 Å². The first-order chi connectivity index (χ1) is 15.2. The van der Waals surface area contributed by atoms with E-state index in [1.807, 2.05) is 20.8 Å². The van der Waals surface area contributed by atoms with E-state index in [4.69, 9.17) is 9.47 Å². The number of carbonyl (C=O) groups excluding carboxylic acids is 2. The summed E-state index contributed by atoms with van der Waals surface area (Å²) in [7, 11) is 0. The van der Waals surface area contributed by atoms with Gasteiger partial charge in [0, 0.05) is 19.6 Å². The lowest BCUT2D eigenvalue weighted by Crippen LogP contribution is -2.49. The van der Waals surface area contributed by atoms with Gasteiger partial charge in [-0.1, -0.05) is 0 Å². The van der Waals surface area contributed by atoms with Crippen molar-refractivity contribution in [3.05, 3.63) is 29.6 Å². The Morgan fingerprint density at radius 3 is 2.59 bits per heavy atom. The molecule has 0 unspecified atom stereocenters. The van der Waals surface area contributed by atoms with Gasteiger partial charge >= 0.3 is 6.09 Å². The van der Waals surface area contributed by atoms with Crippen molar-refractivity contribution in [2.24, 2.45) is 5.41 Å². The van der Waals surface area contributed by atoms with E-state index in [0.29, 0.717) is 32.0 Å². The summed E-state index contributed by atoms with van der Waals surface area (Å²) < 4.78 is 25.1. The molecule has 1 aromatic carbocycles. The number of ether oxygens (including phenoxy) is 2. The maximum absolute atomic E-state index is 13.8. The first kappa shape index (κ1) is 24.3. The lowest BCUT2D eigenvalue weighted by atomic mass is 9.74. The van der Waals surface area contributed by atoms with Crippen LogP contribution in [-0.4, -0.2) is 61.8 Å². The molecular formula is C24H36FN3O4. The number of fused-ring (bicyclic) bond motifs is 1. The topological polar surface area (TPSA) is 79.9 Å². The quantitative estimate of drug-likeness (QED) is 0.631. The summed E-state index contributed by atoms with van der Waals surface area (Å²) in [4.78, 5) is 27.1. The van der Waals surface area contributed by atoms with Crippen LogP contribution >= 0.6 is 0 Å². The second-order valence-electron chi connectivity index (χ2n) is 9.85. The minimum absolute atomic E-state index is 0.117. The molecule has 0 aliphatic carbocycles. The number of hydrogen-bond acceptors (Lipinski definition) is 5. The molecule has 1 fully saturated rings. The molecular weight excluding hydrogens is 413 g/mol. The molecule has 1 saturated heterocycles. The number of hydrogen-bond donors (Lipinski definition) is 2. The lowest BCUT2D eigenvalue weighted by Gasteiger charge is -2.42. The number of nitrogens with one attached hydrogen (secondary N) is 2. The van der Waals surface area contributed by atoms with Crippen molar-refractivity contribution in [1.29, 1.82) is 0 Å². The van der Waals surface area contributed by atoms with Gasteiger partial charge in [-0.3, -0.25) is 4.79 Å². The van der Waals surface area contributed by atoms with Gasteiger partial charge in [0.1, 0.15) is 17.2 Å². The number of nitrogens with zero attached hydrogens (tertiary/aromatic N) is 1. The van der Waals surface area contributed by atoms with Crippen molar-refractivity contribution in [1.82, 2.24) is 15.5 Å². The Kier molecular flexibility index (Phi) is 7.98. The van der Waals surface area contributed by atoms with Crippen LogP contribution in [0.4, 0.5) is 9.18 Å². The van der Waals surface area contributed by atoms with Gasteiger partial charge in [-0.2, -0.15) is 0 Å². The number of carbonyl (C=O) groups is 2. The Labute approximate surface area is 190 Å². The largest absolute Gasteiger partial charge is 0.493 e. The summed E-state index contributed by atoms with van der Waals surface area (Å²) in [6.07, 6.45) is 3.98. The van der Waals surface area contributed by atoms with Crippen molar-refractivity contribution in [2.75, 3.05) is 39.3 Å². The smallest absolute Gasteiger partial charge is 0.410 e. The van der Waals surface area contributed by atoms with Gasteiger partial charge in [-0.05, 0) is 89.6 Å². The van der Waals surface area contributed by atoms with Crippen LogP contribution in [-0.2, 0) is 4.74 Å². The minimum atomic E-state index is -0.527. The fourth-order valence-corrected chi connectivity index (χ4v) is 4.27. The van der Waals surface area contributed by atoms with Crippen LogP contribution in [0.1, 0.15) is 63.2 Å². The number of rotatable bonds is 0. The predicted molar refractivity (Wildman–Crippen MR) is 120 cm³/mol. The maximum atomic E-state index is 13.8. The second-order valence-corrected chi connectivity index (χ2v) is 9.85. The van der Waals surface area contributed by atoms with Crippen molar-refractivity contribution < 1.29 is 23.5 Å². The van der Waals surface area contributed by atoms with Gasteiger partial charge in [-0.15, -0.1) is 0 Å². The number of amides is 2. The molecule has 0 atom stereocenters. The van der Waals surface area contributed by atoms with Gasteiger partial charge < -0.3 is 25.0 Å². The van der Waals surface area contributed by atoms with Crippen LogP contribution in [0.3, 0.4) is 0 Å². The Hall–Kier alpha value is -2.35. The first-order valence-corrected chi connectivity index (χ1v) is 11.6. The Bertz CT molecular complexity index is 801. The summed E-state index contributed by atoms with van der Waals surface area (Å²) >= 11 is 0. The van der Waals surface area contributed by atoms with Gasteiger partial charge in [0.25, 0.3) is 5.91 Å². The average molecular weight is 450 g/mol. The van der Waals surface area contributed by atoms with Crippen molar-refractivity contribution >= 4 is 12.0 Å². The molecule has 2 heterocycles. The van der Waals surface area contributed by atoms with E-state index >= 15 is 0 Å². The molecule has 178 valence electrons. The third-order valence-electron chi connectivity index (χ3n) is 6.10. The number of halogens is 1. The molecule has 0 aromatic heterocycles. The number of piperidine rings is 1. The fraction of sp³-hybridized carbons (Fsp3) is 0.667. The van der Waals surface area contributed by atoms with Crippen LogP contribution in [0, 0.1) is 11.2 Å². The van der Waals surface area contributed by atoms with E-state index in [9.17, 15) is 14.0 Å². The molecule has 32 heavy (non-hydrogen) atoms. The molecule has 1 spiro atoms. The number of benzene rings is 1. The molecule has 2 aliphatic heterocycles. The predicted octanol–water partition coefficient (Wildman–Crippen LogP) is 3.73. The summed E-state index contributed by atoms with van der Waals surface area (Å²) in [5, 5.41) is 6.47. The first-order valence-electron chi connectivity index (χ1n) is 11.6. The third-order valence-corrected chi connectivity index (χ3v) is 6.10.